The second-order valence-corrected chi connectivity index (χ2v) is 9.40. The molecule has 0 fully saturated rings. The fourth-order valence-electron chi connectivity index (χ4n) is 2.01. The van der Waals surface area contributed by atoms with Crippen molar-refractivity contribution in [2.75, 3.05) is 6.54 Å². The fourth-order valence-corrected chi connectivity index (χ4v) is 6.18. The van der Waals surface area contributed by atoms with Crippen LogP contribution in [0.1, 0.15) is 35.9 Å². The summed E-state index contributed by atoms with van der Waals surface area (Å²) in [4.78, 5) is 0. The number of thiophene rings is 1. The maximum absolute atomic E-state index is 12.5. The first-order valence-corrected chi connectivity index (χ1v) is 9.43. The second-order valence-electron chi connectivity index (χ2n) is 4.23. The zero-order valence-corrected chi connectivity index (χ0v) is 12.5. The minimum absolute atomic E-state index is 0.138. The molecule has 1 aromatic rings. The Bertz CT molecular complexity index is 783. The molecule has 2 atom stereocenters. The van der Waals surface area contributed by atoms with E-state index in [0.29, 0.717) is 17.9 Å². The van der Waals surface area contributed by atoms with Gasteiger partial charge in [-0.2, -0.15) is 0 Å². The van der Waals surface area contributed by atoms with Crippen LogP contribution < -0.4 is 10.5 Å². The summed E-state index contributed by atoms with van der Waals surface area (Å²) in [6.07, 6.45) is -0.138. The van der Waals surface area contributed by atoms with Crippen LogP contribution in [0.15, 0.2) is 14.5 Å². The van der Waals surface area contributed by atoms with E-state index in [1.807, 2.05) is 0 Å². The topological polar surface area (TPSA) is 106 Å². The molecular weight excluding hydrogens is 308 g/mol. The SMILES string of the molecule is [3H]C([3H])([3H])C1C[C@H](NCC)c2cc(S(N)(=O)=O)sc2S1(=O)=O. The largest absolute Gasteiger partial charge is 0.310 e. The van der Waals surface area contributed by atoms with Gasteiger partial charge in [0.1, 0.15) is 8.42 Å². The van der Waals surface area contributed by atoms with Crippen molar-refractivity contribution in [2.45, 2.75) is 39.9 Å². The normalized spacial score (nSPS) is 29.1. The molecule has 0 aromatic carbocycles. The number of hydrogen-bond acceptors (Lipinski definition) is 6. The molecule has 3 N–H and O–H groups in total. The highest BCUT2D eigenvalue weighted by Crippen LogP contribution is 2.42. The lowest BCUT2D eigenvalue weighted by atomic mass is 10.1. The number of nitrogens with one attached hydrogen (secondary N) is 1. The van der Waals surface area contributed by atoms with Gasteiger partial charge >= 0.3 is 0 Å². The molecule has 1 aliphatic heterocycles. The van der Waals surface area contributed by atoms with E-state index in [9.17, 15) is 16.8 Å². The maximum Gasteiger partial charge on any atom is 0.247 e. The van der Waals surface area contributed by atoms with Crippen molar-refractivity contribution >= 4 is 31.2 Å². The van der Waals surface area contributed by atoms with Gasteiger partial charge in [-0.1, -0.05) is 6.92 Å². The van der Waals surface area contributed by atoms with Crippen LogP contribution in [0, 0.1) is 0 Å². The van der Waals surface area contributed by atoms with Gasteiger partial charge in [0.05, 0.1) is 5.25 Å². The predicted molar refractivity (Wildman–Crippen MR) is 73.4 cm³/mol. The molecule has 108 valence electrons. The van der Waals surface area contributed by atoms with Crippen LogP contribution in [0.25, 0.3) is 0 Å². The average Bonchev–Trinajstić information content (AvgIpc) is 2.77. The number of rotatable bonds is 3. The number of sulfonamides is 1. The maximum atomic E-state index is 12.5. The summed E-state index contributed by atoms with van der Waals surface area (Å²) >= 11 is 0.508. The van der Waals surface area contributed by atoms with E-state index < -0.39 is 38.0 Å². The average molecular weight is 330 g/mol. The standard InChI is InChI=1S/C10H16N2O4S3/c1-3-12-8-4-6(2)18(13,14)10-7(8)5-9(17-10)19(11,15)16/h5-6,8,12H,3-4H2,1-2H3,(H2,11,15,16)/t6?,8-/m0/s1/i2T3. The molecule has 2 rings (SSSR count). The fraction of sp³-hybridized carbons (Fsp3) is 0.600. The highest BCUT2D eigenvalue weighted by Gasteiger charge is 2.39. The third-order valence-corrected chi connectivity index (χ3v) is 7.90. The summed E-state index contributed by atoms with van der Waals surface area (Å²) in [5.41, 5.74) is 0.274. The van der Waals surface area contributed by atoms with Crippen molar-refractivity contribution in [3.8, 4) is 0 Å². The lowest BCUT2D eigenvalue weighted by Crippen LogP contribution is -2.33. The lowest BCUT2D eigenvalue weighted by Gasteiger charge is -2.27. The van der Waals surface area contributed by atoms with Crippen LogP contribution >= 0.6 is 11.3 Å². The summed E-state index contributed by atoms with van der Waals surface area (Å²) in [5.74, 6) is 0. The van der Waals surface area contributed by atoms with Crippen molar-refractivity contribution < 1.29 is 20.9 Å². The molecular formula is C10H16N2O4S3. The number of nitrogens with two attached hydrogens (primary N) is 1. The molecule has 0 radical (unpaired) electrons. The quantitative estimate of drug-likeness (QED) is 0.844. The number of primary sulfonamides is 1. The zero-order chi connectivity index (χ0) is 16.9. The van der Waals surface area contributed by atoms with Gasteiger partial charge in [-0.25, -0.2) is 22.0 Å². The first-order chi connectivity index (χ1) is 9.89. The Hall–Kier alpha value is -0.480. The summed E-state index contributed by atoms with van der Waals surface area (Å²) in [6, 6.07) is 0.677. The number of fused-ring (bicyclic) bond motifs is 1. The predicted octanol–water partition coefficient (Wildman–Crippen LogP) is 0.612. The summed E-state index contributed by atoms with van der Waals surface area (Å²) in [5, 5.41) is 6.49. The van der Waals surface area contributed by atoms with E-state index in [-0.39, 0.29) is 20.4 Å². The van der Waals surface area contributed by atoms with Crippen molar-refractivity contribution in [3.63, 3.8) is 0 Å². The van der Waals surface area contributed by atoms with E-state index in [1.165, 1.54) is 6.07 Å². The molecule has 2 heterocycles. The molecule has 1 unspecified atom stereocenters. The van der Waals surface area contributed by atoms with Crippen molar-refractivity contribution in [3.05, 3.63) is 11.6 Å². The smallest absolute Gasteiger partial charge is 0.247 e. The Labute approximate surface area is 121 Å². The van der Waals surface area contributed by atoms with E-state index in [1.54, 1.807) is 6.92 Å². The monoisotopic (exact) mass is 330 g/mol. The van der Waals surface area contributed by atoms with Gasteiger partial charge < -0.3 is 5.32 Å². The van der Waals surface area contributed by atoms with E-state index in [2.05, 4.69) is 5.32 Å². The van der Waals surface area contributed by atoms with Gasteiger partial charge in [0.15, 0.2) is 9.84 Å². The number of hydrogen-bond donors (Lipinski definition) is 2. The molecule has 0 aliphatic carbocycles. The van der Waals surface area contributed by atoms with Crippen LogP contribution in [0.5, 0.6) is 0 Å². The molecule has 1 aliphatic rings. The molecule has 0 amide bonds. The molecule has 0 spiro atoms. The Morgan fingerprint density at radius 3 is 2.84 bits per heavy atom. The second kappa shape index (κ2) is 4.81. The highest BCUT2D eigenvalue weighted by atomic mass is 32.3. The third kappa shape index (κ3) is 2.57. The summed E-state index contributed by atoms with van der Waals surface area (Å²) in [7, 11) is -8.19. The van der Waals surface area contributed by atoms with Gasteiger partial charge in [0.2, 0.25) is 10.0 Å². The molecule has 1 aromatic heterocycles. The van der Waals surface area contributed by atoms with Crippen molar-refractivity contribution in [1.82, 2.24) is 5.32 Å². The minimum atomic E-state index is -4.14. The molecule has 9 heteroatoms. The van der Waals surface area contributed by atoms with E-state index in [0.717, 1.165) is 0 Å². The van der Waals surface area contributed by atoms with Gasteiger partial charge in [-0.05, 0) is 25.9 Å². The minimum Gasteiger partial charge on any atom is -0.310 e. The third-order valence-electron chi connectivity index (χ3n) is 2.89. The highest BCUT2D eigenvalue weighted by molar-refractivity contribution is 7.95. The van der Waals surface area contributed by atoms with Gasteiger partial charge in [0, 0.05) is 15.7 Å². The van der Waals surface area contributed by atoms with Crippen molar-refractivity contribution in [2.24, 2.45) is 5.14 Å². The molecule has 0 bridgehead atoms. The van der Waals surface area contributed by atoms with Crippen LogP contribution in [0.2, 0.25) is 0 Å². The number of sulfone groups is 1. The first-order valence-electron chi connectivity index (χ1n) is 7.03. The Kier molecular flexibility index (Phi) is 2.84. The molecule has 19 heavy (non-hydrogen) atoms. The van der Waals surface area contributed by atoms with Crippen molar-refractivity contribution in [1.29, 1.82) is 0 Å². The Morgan fingerprint density at radius 2 is 2.32 bits per heavy atom. The van der Waals surface area contributed by atoms with Crippen LogP contribution in [-0.2, 0) is 19.9 Å². The molecule has 0 saturated carbocycles. The Morgan fingerprint density at radius 1 is 1.63 bits per heavy atom. The van der Waals surface area contributed by atoms with Crippen LogP contribution in [-0.4, -0.2) is 28.6 Å². The van der Waals surface area contributed by atoms with Gasteiger partial charge in [-0.3, -0.25) is 0 Å². The summed E-state index contributed by atoms with van der Waals surface area (Å²) < 4.78 is 69.9. The molecule has 6 nitrogen and oxygen atoms in total. The van der Waals surface area contributed by atoms with E-state index in [4.69, 9.17) is 9.25 Å². The van der Waals surface area contributed by atoms with Crippen LogP contribution in [0.4, 0.5) is 0 Å². The zero-order valence-electron chi connectivity index (χ0n) is 13.1. The lowest BCUT2D eigenvalue weighted by molar-refractivity contribution is 0.477. The van der Waals surface area contributed by atoms with E-state index >= 15 is 0 Å². The Balaban J connectivity index is 2.68. The van der Waals surface area contributed by atoms with Gasteiger partial charge in [0.25, 0.3) is 0 Å². The summed E-state index contributed by atoms with van der Waals surface area (Å²) in [6.45, 7) is -0.408. The van der Waals surface area contributed by atoms with Gasteiger partial charge in [-0.15, -0.1) is 11.3 Å². The van der Waals surface area contributed by atoms with Crippen LogP contribution in [0.3, 0.4) is 0 Å². The first kappa shape index (κ1) is 11.2. The molecule has 0 saturated heterocycles.